The van der Waals surface area contributed by atoms with Crippen molar-refractivity contribution in [3.8, 4) is 0 Å². The number of piperidine rings is 1. The molecule has 5 nitrogen and oxygen atoms in total. The van der Waals surface area contributed by atoms with E-state index in [1.807, 2.05) is 30.3 Å². The van der Waals surface area contributed by atoms with Crippen LogP contribution in [-0.2, 0) is 6.42 Å². The van der Waals surface area contributed by atoms with Crippen molar-refractivity contribution < 1.29 is 4.79 Å². The fourth-order valence-corrected chi connectivity index (χ4v) is 3.84. The molecule has 1 amide bonds. The fraction of sp³-hybridized carbons (Fsp3) is 0.292. The lowest BCUT2D eigenvalue weighted by atomic mass is 9.90. The van der Waals surface area contributed by atoms with E-state index in [1.165, 1.54) is 5.56 Å². The Morgan fingerprint density at radius 2 is 1.55 bits per heavy atom. The summed E-state index contributed by atoms with van der Waals surface area (Å²) in [4.78, 5) is 25.5. The highest BCUT2D eigenvalue weighted by Gasteiger charge is 2.22. The first-order chi connectivity index (χ1) is 14.2. The molecule has 4 rings (SSSR count). The van der Waals surface area contributed by atoms with Crippen LogP contribution >= 0.6 is 0 Å². The monoisotopic (exact) mass is 386 g/mol. The number of anilines is 2. The van der Waals surface area contributed by atoms with Crippen molar-refractivity contribution in [3.05, 3.63) is 84.2 Å². The minimum atomic E-state index is -0.107. The van der Waals surface area contributed by atoms with Gasteiger partial charge in [0.25, 0.3) is 5.91 Å². The first-order valence-corrected chi connectivity index (χ1v) is 10.1. The van der Waals surface area contributed by atoms with E-state index in [2.05, 4.69) is 45.2 Å². The van der Waals surface area contributed by atoms with E-state index in [1.54, 1.807) is 24.3 Å². The van der Waals surface area contributed by atoms with Crippen LogP contribution in [0.5, 0.6) is 0 Å². The number of nitrogens with zero attached hydrogens (tertiary/aromatic N) is 4. The minimum absolute atomic E-state index is 0.107. The highest BCUT2D eigenvalue weighted by atomic mass is 16.2. The number of aromatic nitrogens is 2. The van der Waals surface area contributed by atoms with E-state index in [0.717, 1.165) is 38.0 Å². The second kappa shape index (κ2) is 8.86. The van der Waals surface area contributed by atoms with Gasteiger partial charge in [0.05, 0.1) is 5.56 Å². The van der Waals surface area contributed by atoms with E-state index in [9.17, 15) is 4.79 Å². The van der Waals surface area contributed by atoms with E-state index < -0.39 is 0 Å². The molecule has 0 N–H and O–H groups in total. The number of carbonyl (C=O) groups excluding carboxylic acids is 1. The van der Waals surface area contributed by atoms with E-state index in [4.69, 9.17) is 0 Å². The lowest BCUT2D eigenvalue weighted by Crippen LogP contribution is -2.35. The summed E-state index contributed by atoms with van der Waals surface area (Å²) in [5, 5.41) is 0. The molecule has 148 valence electrons. The van der Waals surface area contributed by atoms with Crippen LogP contribution in [-0.4, -0.2) is 36.0 Å². The third-order valence-corrected chi connectivity index (χ3v) is 5.60. The molecular formula is C24H26N4O. The van der Waals surface area contributed by atoms with Crippen LogP contribution in [0.1, 0.15) is 28.8 Å². The second-order valence-electron chi connectivity index (χ2n) is 7.59. The van der Waals surface area contributed by atoms with Crippen LogP contribution in [0, 0.1) is 5.92 Å². The van der Waals surface area contributed by atoms with Crippen LogP contribution in [0.4, 0.5) is 11.6 Å². The molecule has 1 aliphatic rings. The van der Waals surface area contributed by atoms with Crippen molar-refractivity contribution in [1.82, 2.24) is 9.97 Å². The van der Waals surface area contributed by atoms with Gasteiger partial charge in [-0.25, -0.2) is 9.97 Å². The Balaban J connectivity index is 1.34. The third kappa shape index (κ3) is 4.62. The Kier molecular flexibility index (Phi) is 5.84. The number of rotatable bonds is 5. The van der Waals surface area contributed by atoms with Gasteiger partial charge in [-0.3, -0.25) is 4.79 Å². The normalized spacial score (nSPS) is 14.6. The summed E-state index contributed by atoms with van der Waals surface area (Å²) in [7, 11) is 1.77. The average molecular weight is 386 g/mol. The van der Waals surface area contributed by atoms with Crippen molar-refractivity contribution in [1.29, 1.82) is 0 Å². The molecule has 1 saturated heterocycles. The standard InChI is InChI=1S/C24H26N4O/c1-27(22-10-6-3-7-11-22)23(29)21-17-25-24(26-18-21)28-14-12-20(13-15-28)16-19-8-4-2-5-9-19/h2-11,17-18,20H,12-16H2,1H3. The van der Waals surface area contributed by atoms with Crippen molar-refractivity contribution in [2.45, 2.75) is 19.3 Å². The van der Waals surface area contributed by atoms with Gasteiger partial charge in [-0.15, -0.1) is 0 Å². The minimum Gasteiger partial charge on any atom is -0.341 e. The molecule has 2 aromatic carbocycles. The molecule has 0 unspecified atom stereocenters. The van der Waals surface area contributed by atoms with Gasteiger partial charge >= 0.3 is 0 Å². The zero-order valence-electron chi connectivity index (χ0n) is 16.7. The van der Waals surface area contributed by atoms with Crippen molar-refractivity contribution in [2.24, 2.45) is 5.92 Å². The summed E-state index contributed by atoms with van der Waals surface area (Å²) < 4.78 is 0. The molecule has 1 fully saturated rings. The van der Waals surface area contributed by atoms with Crippen LogP contribution in [0.15, 0.2) is 73.1 Å². The Bertz CT molecular complexity index is 920. The van der Waals surface area contributed by atoms with Crippen LogP contribution < -0.4 is 9.80 Å². The molecule has 1 aromatic heterocycles. The SMILES string of the molecule is CN(C(=O)c1cnc(N2CCC(Cc3ccccc3)CC2)nc1)c1ccccc1. The fourth-order valence-electron chi connectivity index (χ4n) is 3.84. The molecule has 2 heterocycles. The van der Waals surface area contributed by atoms with Crippen molar-refractivity contribution in [3.63, 3.8) is 0 Å². The molecule has 0 aliphatic carbocycles. The maximum Gasteiger partial charge on any atom is 0.261 e. The topological polar surface area (TPSA) is 49.3 Å². The van der Waals surface area contributed by atoms with Gasteiger partial charge in [0.2, 0.25) is 5.95 Å². The Labute approximate surface area is 172 Å². The Hall–Kier alpha value is -3.21. The quantitative estimate of drug-likeness (QED) is 0.659. The summed E-state index contributed by atoms with van der Waals surface area (Å²) >= 11 is 0. The Morgan fingerprint density at radius 1 is 0.966 bits per heavy atom. The molecule has 3 aromatic rings. The molecule has 5 heteroatoms. The molecule has 1 aliphatic heterocycles. The largest absolute Gasteiger partial charge is 0.341 e. The summed E-state index contributed by atoms with van der Waals surface area (Å²) in [6, 6.07) is 20.3. The zero-order valence-corrected chi connectivity index (χ0v) is 16.7. The number of amides is 1. The lowest BCUT2D eigenvalue weighted by Gasteiger charge is -2.32. The smallest absolute Gasteiger partial charge is 0.261 e. The highest BCUT2D eigenvalue weighted by molar-refractivity contribution is 6.05. The molecule has 0 atom stereocenters. The van der Waals surface area contributed by atoms with Gasteiger partial charge in [-0.05, 0) is 42.9 Å². The number of benzene rings is 2. The zero-order chi connectivity index (χ0) is 20.1. The molecule has 0 spiro atoms. The number of hydrogen-bond acceptors (Lipinski definition) is 4. The first kappa shape index (κ1) is 19.1. The van der Waals surface area contributed by atoms with Gasteiger partial charge < -0.3 is 9.80 Å². The maximum absolute atomic E-state index is 12.7. The third-order valence-electron chi connectivity index (χ3n) is 5.60. The summed E-state index contributed by atoms with van der Waals surface area (Å²) in [5.74, 6) is 1.31. The Morgan fingerprint density at radius 3 is 2.17 bits per heavy atom. The van der Waals surface area contributed by atoms with E-state index in [-0.39, 0.29) is 5.91 Å². The first-order valence-electron chi connectivity index (χ1n) is 10.1. The number of para-hydroxylation sites is 1. The number of carbonyl (C=O) groups is 1. The predicted octanol–water partition coefficient (Wildman–Crippen LogP) is 4.21. The maximum atomic E-state index is 12.7. The van der Waals surface area contributed by atoms with E-state index in [0.29, 0.717) is 17.4 Å². The molecule has 29 heavy (non-hydrogen) atoms. The molecule has 0 saturated carbocycles. The summed E-state index contributed by atoms with van der Waals surface area (Å²) in [5.41, 5.74) is 2.76. The van der Waals surface area contributed by atoms with Gasteiger partial charge in [0.1, 0.15) is 0 Å². The molecular weight excluding hydrogens is 360 g/mol. The predicted molar refractivity (Wildman–Crippen MR) is 116 cm³/mol. The lowest BCUT2D eigenvalue weighted by molar-refractivity contribution is 0.0992. The van der Waals surface area contributed by atoms with Crippen LogP contribution in [0.25, 0.3) is 0 Å². The van der Waals surface area contributed by atoms with Crippen molar-refractivity contribution in [2.75, 3.05) is 29.9 Å². The molecule has 0 bridgehead atoms. The van der Waals surface area contributed by atoms with Gasteiger partial charge in [-0.1, -0.05) is 48.5 Å². The van der Waals surface area contributed by atoms with E-state index >= 15 is 0 Å². The molecule has 0 radical (unpaired) electrons. The van der Waals surface area contributed by atoms with Crippen LogP contribution in [0.3, 0.4) is 0 Å². The van der Waals surface area contributed by atoms with Gasteiger partial charge in [-0.2, -0.15) is 0 Å². The summed E-state index contributed by atoms with van der Waals surface area (Å²) in [6.45, 7) is 1.91. The number of hydrogen-bond donors (Lipinski definition) is 0. The van der Waals surface area contributed by atoms with Gasteiger partial charge in [0, 0.05) is 38.2 Å². The van der Waals surface area contributed by atoms with Crippen LogP contribution in [0.2, 0.25) is 0 Å². The highest BCUT2D eigenvalue weighted by Crippen LogP contribution is 2.24. The average Bonchev–Trinajstić information content (AvgIpc) is 2.80. The second-order valence-corrected chi connectivity index (χ2v) is 7.59. The summed E-state index contributed by atoms with van der Waals surface area (Å²) in [6.07, 6.45) is 6.68. The van der Waals surface area contributed by atoms with Crippen molar-refractivity contribution >= 4 is 17.5 Å². The van der Waals surface area contributed by atoms with Gasteiger partial charge in [0.15, 0.2) is 0 Å².